The van der Waals surface area contributed by atoms with Crippen molar-refractivity contribution in [3.8, 4) is 0 Å². The van der Waals surface area contributed by atoms with Crippen LogP contribution in [0.1, 0.15) is 37.4 Å². The summed E-state index contributed by atoms with van der Waals surface area (Å²) in [5, 5.41) is 12.6. The summed E-state index contributed by atoms with van der Waals surface area (Å²) in [5.41, 5.74) is -0.564. The molecule has 7 atom stereocenters. The van der Waals surface area contributed by atoms with Gasteiger partial charge in [-0.1, -0.05) is 58.4 Å². The van der Waals surface area contributed by atoms with Gasteiger partial charge >= 0.3 is 5.97 Å². The van der Waals surface area contributed by atoms with Gasteiger partial charge < -0.3 is 34.4 Å². The minimum absolute atomic E-state index is 0.0505. The number of carbonyl (C=O) groups excluding carboxylic acids is 4. The van der Waals surface area contributed by atoms with Crippen molar-refractivity contribution in [2.24, 2.45) is 11.8 Å². The number of halogens is 1. The number of fused-ring (bicyclic) bond motifs is 1. The Balaban J connectivity index is 1.40. The maximum absolute atomic E-state index is 14.5. The molecule has 4 fully saturated rings. The van der Waals surface area contributed by atoms with Gasteiger partial charge in [0.1, 0.15) is 17.7 Å². The quantitative estimate of drug-likeness (QED) is 0.140. The minimum Gasteiger partial charge on any atom is -0.455 e. The third-order valence-corrected chi connectivity index (χ3v) is 10.6. The number of aliphatic hydroxyl groups is 1. The first-order chi connectivity index (χ1) is 23.2. The molecule has 1 unspecified atom stereocenters. The summed E-state index contributed by atoms with van der Waals surface area (Å²) in [6.07, 6.45) is 3.24. The van der Waals surface area contributed by atoms with E-state index in [9.17, 15) is 24.3 Å². The van der Waals surface area contributed by atoms with Crippen LogP contribution in [0.15, 0.2) is 55.6 Å². The van der Waals surface area contributed by atoms with E-state index in [4.69, 9.17) is 14.2 Å². The summed E-state index contributed by atoms with van der Waals surface area (Å²) in [6, 6.07) is 8.14. The lowest BCUT2D eigenvalue weighted by molar-refractivity contribution is -0.160. The number of rotatable bonds is 17. The molecule has 2 N–H and O–H groups in total. The smallest absolute Gasteiger partial charge is 0.313 e. The van der Waals surface area contributed by atoms with E-state index in [0.717, 1.165) is 13.1 Å². The molecule has 0 aromatic heterocycles. The van der Waals surface area contributed by atoms with Gasteiger partial charge in [-0.25, -0.2) is 0 Å². The Morgan fingerprint density at radius 1 is 1.17 bits per heavy atom. The number of esters is 1. The molecule has 1 spiro atoms. The molecule has 12 nitrogen and oxygen atoms in total. The first-order valence-corrected chi connectivity index (χ1v) is 17.7. The Kier molecular flexibility index (Phi) is 12.5. The highest BCUT2D eigenvalue weighted by molar-refractivity contribution is 9.09. The first kappa shape index (κ1) is 36.2. The van der Waals surface area contributed by atoms with E-state index in [1.807, 2.05) is 30.3 Å². The number of benzene rings is 1. The predicted octanol–water partition coefficient (Wildman–Crippen LogP) is 1.83. The van der Waals surface area contributed by atoms with Gasteiger partial charge in [-0.15, -0.1) is 13.2 Å². The van der Waals surface area contributed by atoms with Crippen molar-refractivity contribution in [2.45, 2.75) is 54.4 Å². The second kappa shape index (κ2) is 16.5. The summed E-state index contributed by atoms with van der Waals surface area (Å²) in [5.74, 6) is -3.36. The van der Waals surface area contributed by atoms with E-state index in [1.54, 1.807) is 17.1 Å². The van der Waals surface area contributed by atoms with Gasteiger partial charge in [-0.05, 0) is 24.8 Å². The number of nitrogens with zero attached hydrogens (tertiary/aromatic N) is 3. The molecule has 0 saturated carbocycles. The van der Waals surface area contributed by atoms with Crippen molar-refractivity contribution in [2.75, 3.05) is 65.6 Å². The average molecular weight is 732 g/mol. The number of aliphatic hydroxyl groups excluding tert-OH is 1. The molecule has 4 aliphatic heterocycles. The van der Waals surface area contributed by atoms with Crippen molar-refractivity contribution in [1.82, 2.24) is 20.0 Å². The molecule has 48 heavy (non-hydrogen) atoms. The number of allylic oxidation sites excluding steroid dienone is 1. The summed E-state index contributed by atoms with van der Waals surface area (Å²) in [4.78, 5) is 60.6. The zero-order chi connectivity index (χ0) is 34.3. The normalized spacial score (nSPS) is 28.5. The number of amides is 3. The number of hydrogen-bond donors (Lipinski definition) is 2. The van der Waals surface area contributed by atoms with Crippen LogP contribution in [0.25, 0.3) is 0 Å². The van der Waals surface area contributed by atoms with E-state index >= 15 is 0 Å². The largest absolute Gasteiger partial charge is 0.455 e. The van der Waals surface area contributed by atoms with Crippen LogP contribution in [0.5, 0.6) is 0 Å². The fourth-order valence-corrected chi connectivity index (χ4v) is 8.45. The van der Waals surface area contributed by atoms with Crippen molar-refractivity contribution in [3.05, 3.63) is 61.2 Å². The Hall–Kier alpha value is -3.10. The molecular formula is C35H47BrN4O8. The van der Waals surface area contributed by atoms with Gasteiger partial charge in [0.2, 0.25) is 17.7 Å². The molecule has 3 amide bonds. The number of hydrogen-bond acceptors (Lipinski definition) is 9. The Labute approximate surface area is 290 Å². The average Bonchev–Trinajstić information content (AvgIpc) is 3.69. The summed E-state index contributed by atoms with van der Waals surface area (Å²) in [7, 11) is 0. The van der Waals surface area contributed by atoms with Crippen LogP contribution in [-0.4, -0.2) is 132 Å². The third-order valence-electron chi connectivity index (χ3n) is 9.79. The van der Waals surface area contributed by atoms with Crippen molar-refractivity contribution < 1.29 is 38.5 Å². The van der Waals surface area contributed by atoms with Gasteiger partial charge in [0.25, 0.3) is 0 Å². The third kappa shape index (κ3) is 7.55. The lowest BCUT2D eigenvalue weighted by Crippen LogP contribution is -2.57. The van der Waals surface area contributed by atoms with E-state index in [2.05, 4.69) is 39.3 Å². The van der Waals surface area contributed by atoms with Crippen LogP contribution < -0.4 is 5.32 Å². The van der Waals surface area contributed by atoms with E-state index in [1.165, 1.54) is 4.90 Å². The minimum atomic E-state index is -1.26. The lowest BCUT2D eigenvalue weighted by atomic mass is 9.70. The van der Waals surface area contributed by atoms with Gasteiger partial charge in [-0.3, -0.25) is 24.1 Å². The molecule has 262 valence electrons. The SMILES string of the molecule is C=CCCC(=O)NC[C@@H](OC(=O)[C@@H]1[C@H]2O[C@@]3(CC2Br)[C@H](C(=O)N(CC=C)CCN2CCOCC2)N(CCCO)C(=O)[C@@H]13)c1ccccc1. The highest BCUT2D eigenvalue weighted by Crippen LogP contribution is 2.60. The van der Waals surface area contributed by atoms with Gasteiger partial charge in [0.15, 0.2) is 0 Å². The second-order valence-electron chi connectivity index (χ2n) is 12.8. The van der Waals surface area contributed by atoms with E-state index in [0.29, 0.717) is 44.7 Å². The number of alkyl halides is 1. The molecule has 4 aliphatic rings. The van der Waals surface area contributed by atoms with Crippen LogP contribution in [0.2, 0.25) is 0 Å². The maximum Gasteiger partial charge on any atom is 0.313 e. The monoisotopic (exact) mass is 730 g/mol. The lowest BCUT2D eigenvalue weighted by Gasteiger charge is -2.38. The molecule has 5 rings (SSSR count). The van der Waals surface area contributed by atoms with Gasteiger partial charge in [0, 0.05) is 57.1 Å². The fourth-order valence-electron chi connectivity index (χ4n) is 7.51. The van der Waals surface area contributed by atoms with Crippen molar-refractivity contribution in [3.63, 3.8) is 0 Å². The molecule has 0 radical (unpaired) electrons. The van der Waals surface area contributed by atoms with Crippen LogP contribution in [0.4, 0.5) is 0 Å². The van der Waals surface area contributed by atoms with Crippen LogP contribution in [-0.2, 0) is 33.4 Å². The number of carbonyl (C=O) groups is 4. The molecule has 4 saturated heterocycles. The molecular weight excluding hydrogens is 684 g/mol. The molecule has 13 heteroatoms. The number of nitrogens with one attached hydrogen (secondary N) is 1. The highest BCUT2D eigenvalue weighted by atomic mass is 79.9. The van der Waals surface area contributed by atoms with Gasteiger partial charge in [0.05, 0.1) is 37.7 Å². The van der Waals surface area contributed by atoms with Crippen molar-refractivity contribution in [1.29, 1.82) is 0 Å². The molecule has 4 heterocycles. The van der Waals surface area contributed by atoms with Crippen LogP contribution >= 0.6 is 15.9 Å². The Morgan fingerprint density at radius 2 is 1.92 bits per heavy atom. The fraction of sp³-hybridized carbons (Fsp3) is 0.600. The molecule has 0 aliphatic carbocycles. The number of likely N-dealkylation sites (tertiary alicyclic amines) is 1. The second-order valence-corrected chi connectivity index (χ2v) is 13.9. The summed E-state index contributed by atoms with van der Waals surface area (Å²) in [6.45, 7) is 11.7. The predicted molar refractivity (Wildman–Crippen MR) is 181 cm³/mol. The zero-order valence-corrected chi connectivity index (χ0v) is 28.9. The van der Waals surface area contributed by atoms with Gasteiger partial charge in [-0.2, -0.15) is 0 Å². The number of ether oxygens (including phenoxy) is 3. The van der Waals surface area contributed by atoms with E-state index in [-0.39, 0.29) is 61.6 Å². The first-order valence-electron chi connectivity index (χ1n) is 16.8. The summed E-state index contributed by atoms with van der Waals surface area (Å²) < 4.78 is 18.2. The van der Waals surface area contributed by atoms with Crippen molar-refractivity contribution >= 4 is 39.6 Å². The highest BCUT2D eigenvalue weighted by Gasteiger charge is 2.77. The Morgan fingerprint density at radius 3 is 2.60 bits per heavy atom. The topological polar surface area (TPSA) is 138 Å². The summed E-state index contributed by atoms with van der Waals surface area (Å²) >= 11 is 3.71. The van der Waals surface area contributed by atoms with Crippen LogP contribution in [0.3, 0.4) is 0 Å². The van der Waals surface area contributed by atoms with E-state index < -0.39 is 41.7 Å². The zero-order valence-electron chi connectivity index (χ0n) is 27.3. The number of morpholine rings is 1. The maximum atomic E-state index is 14.5. The Bertz CT molecular complexity index is 1330. The standard InChI is InChI=1S/C35H47BrN4O8/c1-3-5-12-27(42)37-23-26(24-10-7-6-8-11-24)47-34(45)28-29-32(43)40(14-9-19-41)31(35(29)22-25(36)30(28)48-35)33(44)39(13-4-2)16-15-38-17-20-46-21-18-38/h3-4,6-8,10-11,25-26,28-31,41H,1-2,5,9,12-23H2,(H,37,42)/t25?,26-,28+,29-,30+,31+,35-/m1/s1. The van der Waals surface area contributed by atoms with Crippen LogP contribution in [0, 0.1) is 11.8 Å². The molecule has 1 aromatic carbocycles. The molecule has 1 aromatic rings. The molecule has 2 bridgehead atoms.